The number of H-pyrrole nitrogens is 1. The van der Waals surface area contributed by atoms with Crippen molar-refractivity contribution >= 4 is 10.9 Å². The maximum absolute atomic E-state index is 10.2. The molecule has 6 nitrogen and oxygen atoms in total. The first-order valence-electron chi connectivity index (χ1n) is 7.59. The number of ether oxygens (including phenoxy) is 1. The number of benzene rings is 1. The fourth-order valence-electron chi connectivity index (χ4n) is 2.61. The van der Waals surface area contributed by atoms with Gasteiger partial charge in [-0.15, -0.1) is 0 Å². The summed E-state index contributed by atoms with van der Waals surface area (Å²) in [5.74, 6) is 1.56. The van der Waals surface area contributed by atoms with Crippen LogP contribution in [0.3, 0.4) is 0 Å². The summed E-state index contributed by atoms with van der Waals surface area (Å²) in [4.78, 5) is 5.13. The Labute approximate surface area is 134 Å². The third kappa shape index (κ3) is 3.91. The first kappa shape index (κ1) is 15.6. The average molecular weight is 315 g/mol. The minimum Gasteiger partial charge on any atom is -0.490 e. The van der Waals surface area contributed by atoms with Crippen LogP contribution in [0.25, 0.3) is 10.9 Å². The molecule has 122 valence electrons. The largest absolute Gasteiger partial charge is 0.490 e. The van der Waals surface area contributed by atoms with Crippen LogP contribution in [0.15, 0.2) is 41.1 Å². The maximum Gasteiger partial charge on any atom is 0.133 e. The molecule has 0 aliphatic rings. The average Bonchev–Trinajstić information content (AvgIpc) is 3.14. The highest BCUT2D eigenvalue weighted by Gasteiger charge is 2.12. The summed E-state index contributed by atoms with van der Waals surface area (Å²) in [6.07, 6.45) is 1.30. The second-order valence-corrected chi connectivity index (χ2v) is 5.79. The predicted octanol–water partition coefficient (Wildman–Crippen LogP) is 2.34. The van der Waals surface area contributed by atoms with Gasteiger partial charge in [-0.25, -0.2) is 0 Å². The lowest BCUT2D eigenvalue weighted by atomic mass is 10.2. The Morgan fingerprint density at radius 1 is 1.39 bits per heavy atom. The van der Waals surface area contributed by atoms with Crippen molar-refractivity contribution in [3.63, 3.8) is 0 Å². The van der Waals surface area contributed by atoms with Crippen LogP contribution in [0.2, 0.25) is 0 Å². The fraction of sp³-hybridized carbons (Fsp3) is 0.353. The molecule has 1 aromatic carbocycles. The SMILES string of the molecule is Cc1cc(CN(C)CC(O)COc2cccc3[nH]ccc23)no1. The number of aromatic amines is 1. The molecule has 3 aromatic rings. The van der Waals surface area contributed by atoms with E-state index in [2.05, 4.69) is 10.1 Å². The number of nitrogens with zero attached hydrogens (tertiary/aromatic N) is 2. The fourth-order valence-corrected chi connectivity index (χ4v) is 2.61. The van der Waals surface area contributed by atoms with Crippen LogP contribution >= 0.6 is 0 Å². The van der Waals surface area contributed by atoms with Crippen molar-refractivity contribution in [2.75, 3.05) is 20.2 Å². The molecular formula is C17H21N3O3. The van der Waals surface area contributed by atoms with Gasteiger partial charge in [0.2, 0.25) is 0 Å². The van der Waals surface area contributed by atoms with E-state index < -0.39 is 6.10 Å². The molecule has 0 bridgehead atoms. The molecule has 1 atom stereocenters. The lowest BCUT2D eigenvalue weighted by Gasteiger charge is -2.19. The monoisotopic (exact) mass is 315 g/mol. The Kier molecular flexibility index (Phi) is 4.64. The number of rotatable bonds is 7. The maximum atomic E-state index is 10.2. The van der Waals surface area contributed by atoms with Crippen molar-refractivity contribution in [2.45, 2.75) is 19.6 Å². The van der Waals surface area contributed by atoms with Crippen molar-refractivity contribution in [2.24, 2.45) is 0 Å². The van der Waals surface area contributed by atoms with Gasteiger partial charge in [0.25, 0.3) is 0 Å². The topological polar surface area (TPSA) is 74.5 Å². The van der Waals surface area contributed by atoms with Gasteiger partial charge in [-0.1, -0.05) is 11.2 Å². The Hall–Kier alpha value is -2.31. The molecule has 3 rings (SSSR count). The van der Waals surface area contributed by atoms with Gasteiger partial charge in [0, 0.05) is 36.3 Å². The van der Waals surface area contributed by atoms with Gasteiger partial charge in [-0.3, -0.25) is 4.90 Å². The number of hydrogen-bond acceptors (Lipinski definition) is 5. The molecule has 2 N–H and O–H groups in total. The number of aryl methyl sites for hydroxylation is 1. The van der Waals surface area contributed by atoms with E-state index in [0.717, 1.165) is 28.1 Å². The Morgan fingerprint density at radius 3 is 3.04 bits per heavy atom. The van der Waals surface area contributed by atoms with Gasteiger partial charge in [-0.05, 0) is 32.2 Å². The zero-order valence-corrected chi connectivity index (χ0v) is 13.3. The number of hydrogen-bond donors (Lipinski definition) is 2. The molecule has 0 amide bonds. The number of nitrogens with one attached hydrogen (secondary N) is 1. The number of aromatic nitrogens is 2. The van der Waals surface area contributed by atoms with Crippen molar-refractivity contribution in [3.05, 3.63) is 48.0 Å². The summed E-state index contributed by atoms with van der Waals surface area (Å²) >= 11 is 0. The van der Waals surface area contributed by atoms with E-state index >= 15 is 0 Å². The van der Waals surface area contributed by atoms with Crippen LogP contribution in [0.4, 0.5) is 0 Å². The summed E-state index contributed by atoms with van der Waals surface area (Å²) in [6.45, 7) is 3.23. The minimum atomic E-state index is -0.581. The number of aliphatic hydroxyl groups excluding tert-OH is 1. The first-order chi connectivity index (χ1) is 11.1. The normalized spacial score (nSPS) is 12.9. The van der Waals surface area contributed by atoms with Crippen molar-refractivity contribution in [1.29, 1.82) is 0 Å². The zero-order valence-electron chi connectivity index (χ0n) is 13.3. The van der Waals surface area contributed by atoms with E-state index in [1.54, 1.807) is 0 Å². The molecule has 2 aromatic heterocycles. The molecule has 6 heteroatoms. The zero-order chi connectivity index (χ0) is 16.2. The first-order valence-corrected chi connectivity index (χ1v) is 7.59. The Morgan fingerprint density at radius 2 is 2.26 bits per heavy atom. The number of aliphatic hydroxyl groups is 1. The Balaban J connectivity index is 1.51. The standard InChI is InChI=1S/C17H21N3O3/c1-12-8-13(19-23-12)9-20(2)10-14(21)11-22-17-5-3-4-16-15(17)6-7-18-16/h3-8,14,18,21H,9-11H2,1-2H3. The quantitative estimate of drug-likeness (QED) is 0.700. The lowest BCUT2D eigenvalue weighted by Crippen LogP contribution is -2.32. The molecule has 1 unspecified atom stereocenters. The van der Waals surface area contributed by atoms with Crippen molar-refractivity contribution in [1.82, 2.24) is 15.0 Å². The van der Waals surface area contributed by atoms with Crippen LogP contribution in [0.5, 0.6) is 5.75 Å². The molecule has 0 radical (unpaired) electrons. The summed E-state index contributed by atoms with van der Waals surface area (Å²) in [7, 11) is 1.93. The molecule has 0 spiro atoms. The van der Waals surface area contributed by atoms with E-state index in [-0.39, 0.29) is 6.61 Å². The van der Waals surface area contributed by atoms with Gasteiger partial charge < -0.3 is 19.4 Å². The van der Waals surface area contributed by atoms with E-state index in [0.29, 0.717) is 13.1 Å². The molecule has 2 heterocycles. The lowest BCUT2D eigenvalue weighted by molar-refractivity contribution is 0.0743. The molecule has 0 aliphatic carbocycles. The van der Waals surface area contributed by atoms with Gasteiger partial charge >= 0.3 is 0 Å². The van der Waals surface area contributed by atoms with Crippen LogP contribution in [0.1, 0.15) is 11.5 Å². The summed E-state index contributed by atoms with van der Waals surface area (Å²) in [6, 6.07) is 9.69. The van der Waals surface area contributed by atoms with Crippen LogP contribution in [-0.4, -0.2) is 46.5 Å². The Bertz CT molecular complexity index is 765. The van der Waals surface area contributed by atoms with Crippen molar-refractivity contribution in [3.8, 4) is 5.75 Å². The smallest absolute Gasteiger partial charge is 0.133 e. The highest BCUT2D eigenvalue weighted by molar-refractivity contribution is 5.85. The highest BCUT2D eigenvalue weighted by atomic mass is 16.5. The van der Waals surface area contributed by atoms with Gasteiger partial charge in [-0.2, -0.15) is 0 Å². The summed E-state index contributed by atoms with van der Waals surface area (Å²) in [5.41, 5.74) is 1.88. The van der Waals surface area contributed by atoms with E-state index in [9.17, 15) is 5.11 Å². The second kappa shape index (κ2) is 6.85. The molecule has 0 saturated heterocycles. The molecule has 0 aliphatic heterocycles. The molecular weight excluding hydrogens is 294 g/mol. The van der Waals surface area contributed by atoms with Gasteiger partial charge in [0.05, 0.1) is 5.69 Å². The molecule has 0 saturated carbocycles. The van der Waals surface area contributed by atoms with Gasteiger partial charge in [0.1, 0.15) is 24.2 Å². The van der Waals surface area contributed by atoms with Crippen LogP contribution < -0.4 is 4.74 Å². The van der Waals surface area contributed by atoms with E-state index in [1.807, 2.05) is 55.4 Å². The summed E-state index contributed by atoms with van der Waals surface area (Å²) in [5, 5.41) is 15.1. The predicted molar refractivity (Wildman–Crippen MR) is 87.4 cm³/mol. The van der Waals surface area contributed by atoms with Crippen molar-refractivity contribution < 1.29 is 14.4 Å². The van der Waals surface area contributed by atoms with Gasteiger partial charge in [0.15, 0.2) is 0 Å². The van der Waals surface area contributed by atoms with Crippen LogP contribution in [-0.2, 0) is 6.54 Å². The summed E-state index contributed by atoms with van der Waals surface area (Å²) < 4.78 is 10.8. The second-order valence-electron chi connectivity index (χ2n) is 5.79. The van der Waals surface area contributed by atoms with E-state index in [4.69, 9.17) is 9.26 Å². The molecule has 23 heavy (non-hydrogen) atoms. The third-order valence-corrected chi connectivity index (χ3v) is 3.62. The number of fused-ring (bicyclic) bond motifs is 1. The minimum absolute atomic E-state index is 0.243. The molecule has 0 fully saturated rings. The third-order valence-electron chi connectivity index (χ3n) is 3.62. The highest BCUT2D eigenvalue weighted by Crippen LogP contribution is 2.24. The van der Waals surface area contributed by atoms with E-state index in [1.165, 1.54) is 0 Å². The number of likely N-dealkylation sites (N-methyl/N-ethyl adjacent to an activating group) is 1. The van der Waals surface area contributed by atoms with Crippen LogP contribution in [0, 0.1) is 6.92 Å².